The van der Waals surface area contributed by atoms with E-state index in [-0.39, 0.29) is 0 Å². The first kappa shape index (κ1) is 15.5. The predicted molar refractivity (Wildman–Crippen MR) is 88.0 cm³/mol. The van der Waals surface area contributed by atoms with Crippen LogP contribution >= 0.6 is 31.9 Å². The molecule has 0 saturated heterocycles. The maximum Gasteiger partial charge on any atom is 0.197 e. The minimum absolute atomic E-state index is 0.298. The van der Waals surface area contributed by atoms with E-state index in [9.17, 15) is 0 Å². The molecule has 108 valence electrons. The zero-order valence-corrected chi connectivity index (χ0v) is 14.9. The van der Waals surface area contributed by atoms with Gasteiger partial charge in [-0.05, 0) is 56.3 Å². The normalized spacial score (nSPS) is 11.1. The highest BCUT2D eigenvalue weighted by Crippen LogP contribution is 2.32. The number of anilines is 1. The number of hydrogen-bond donors (Lipinski definition) is 1. The van der Waals surface area contributed by atoms with Gasteiger partial charge < -0.3 is 9.73 Å². The summed E-state index contributed by atoms with van der Waals surface area (Å²) < 4.78 is 7.15. The fourth-order valence-corrected chi connectivity index (χ4v) is 2.83. The summed E-state index contributed by atoms with van der Waals surface area (Å²) in [5.41, 5.74) is 0.973. The number of nitrogens with zero attached hydrogens (tertiary/aromatic N) is 2. The summed E-state index contributed by atoms with van der Waals surface area (Å²) in [6.07, 6.45) is 1.04. The molecular formula is C14H17Br2N3O. The molecule has 0 radical (unpaired) electrons. The molecule has 0 aliphatic carbocycles. The van der Waals surface area contributed by atoms with Crippen LogP contribution < -0.4 is 5.32 Å². The fourth-order valence-electron chi connectivity index (χ4n) is 1.75. The van der Waals surface area contributed by atoms with Crippen molar-refractivity contribution >= 4 is 37.7 Å². The van der Waals surface area contributed by atoms with Gasteiger partial charge >= 0.3 is 0 Å². The van der Waals surface area contributed by atoms with Gasteiger partial charge in [-0.2, -0.15) is 0 Å². The van der Waals surface area contributed by atoms with E-state index in [1.54, 1.807) is 0 Å². The van der Waals surface area contributed by atoms with E-state index in [1.165, 1.54) is 0 Å². The van der Waals surface area contributed by atoms with E-state index in [2.05, 4.69) is 67.9 Å². The van der Waals surface area contributed by atoms with Crippen LogP contribution in [0.2, 0.25) is 0 Å². The van der Waals surface area contributed by atoms with E-state index in [0.29, 0.717) is 22.2 Å². The zero-order chi connectivity index (χ0) is 14.7. The Bertz CT molecular complexity index is 596. The summed E-state index contributed by atoms with van der Waals surface area (Å²) in [4.78, 5) is 9.16. The summed E-state index contributed by atoms with van der Waals surface area (Å²) in [7, 11) is 0. The minimum Gasteiger partial charge on any atom is -0.446 e. The van der Waals surface area contributed by atoms with Crippen molar-refractivity contribution in [3.63, 3.8) is 0 Å². The number of furan rings is 1. The molecule has 0 atom stereocenters. The van der Waals surface area contributed by atoms with Gasteiger partial charge in [-0.25, -0.2) is 9.97 Å². The van der Waals surface area contributed by atoms with Crippen molar-refractivity contribution in [3.8, 4) is 11.6 Å². The maximum absolute atomic E-state index is 5.55. The van der Waals surface area contributed by atoms with Gasteiger partial charge in [0.25, 0.3) is 0 Å². The van der Waals surface area contributed by atoms with E-state index in [1.807, 2.05) is 12.1 Å². The van der Waals surface area contributed by atoms with Crippen LogP contribution in [0.4, 0.5) is 5.82 Å². The summed E-state index contributed by atoms with van der Waals surface area (Å²) in [6.45, 7) is 7.21. The summed E-state index contributed by atoms with van der Waals surface area (Å²) in [5, 5.41) is 3.32. The van der Waals surface area contributed by atoms with Crippen LogP contribution in [0.3, 0.4) is 0 Å². The molecule has 0 bridgehead atoms. The first-order valence-corrected chi connectivity index (χ1v) is 8.18. The molecular weight excluding hydrogens is 386 g/mol. The van der Waals surface area contributed by atoms with Gasteiger partial charge in [0, 0.05) is 6.54 Å². The second-order valence-electron chi connectivity index (χ2n) is 4.78. The maximum atomic E-state index is 5.55. The second-order valence-corrected chi connectivity index (χ2v) is 6.35. The van der Waals surface area contributed by atoms with E-state index >= 15 is 0 Å². The van der Waals surface area contributed by atoms with Crippen LogP contribution in [0.5, 0.6) is 0 Å². The number of hydrogen-bond acceptors (Lipinski definition) is 4. The minimum atomic E-state index is 0.298. The third kappa shape index (κ3) is 3.41. The Kier molecular flexibility index (Phi) is 5.21. The van der Waals surface area contributed by atoms with Crippen LogP contribution in [-0.4, -0.2) is 16.5 Å². The predicted octanol–water partition coefficient (Wildman–Crippen LogP) is 5.21. The highest BCUT2D eigenvalue weighted by atomic mass is 79.9. The third-order valence-electron chi connectivity index (χ3n) is 2.76. The average Bonchev–Trinajstić information content (AvgIpc) is 2.84. The van der Waals surface area contributed by atoms with Gasteiger partial charge in [-0.1, -0.05) is 20.8 Å². The van der Waals surface area contributed by atoms with Crippen molar-refractivity contribution in [1.82, 2.24) is 9.97 Å². The van der Waals surface area contributed by atoms with Crippen LogP contribution in [0.25, 0.3) is 11.6 Å². The van der Waals surface area contributed by atoms with Gasteiger partial charge in [0.15, 0.2) is 16.3 Å². The number of rotatable bonds is 5. The highest BCUT2D eigenvalue weighted by Gasteiger charge is 2.17. The molecule has 1 N–H and O–H groups in total. The Morgan fingerprint density at radius 1 is 1.25 bits per heavy atom. The SMILES string of the molecule is CCCNc1nc(-c2ccc(Br)o2)nc(C(C)C)c1Br. The molecule has 0 unspecified atom stereocenters. The van der Waals surface area contributed by atoms with Crippen LogP contribution in [-0.2, 0) is 0 Å². The standard InChI is InChI=1S/C14H17Br2N3O/c1-4-7-17-14-11(16)12(8(2)3)18-13(19-14)9-5-6-10(15)20-9/h5-6,8H,4,7H2,1-3H3,(H,17,18,19). The smallest absolute Gasteiger partial charge is 0.197 e. The average molecular weight is 403 g/mol. The van der Waals surface area contributed by atoms with Crippen molar-refractivity contribution in [2.24, 2.45) is 0 Å². The monoisotopic (exact) mass is 401 g/mol. The first-order chi connectivity index (χ1) is 9.52. The van der Waals surface area contributed by atoms with Crippen LogP contribution in [0, 0.1) is 0 Å². The molecule has 0 fully saturated rings. The topological polar surface area (TPSA) is 51.0 Å². The summed E-state index contributed by atoms with van der Waals surface area (Å²) in [6, 6.07) is 3.70. The Balaban J connectivity index is 2.49. The van der Waals surface area contributed by atoms with E-state index < -0.39 is 0 Å². The summed E-state index contributed by atoms with van der Waals surface area (Å²) in [5.74, 6) is 2.37. The Hall–Kier alpha value is -0.880. The van der Waals surface area contributed by atoms with Gasteiger partial charge in [0.2, 0.25) is 0 Å². The Morgan fingerprint density at radius 2 is 2.00 bits per heavy atom. The molecule has 20 heavy (non-hydrogen) atoms. The molecule has 0 aromatic carbocycles. The molecule has 0 amide bonds. The molecule has 0 aliphatic rings. The number of nitrogens with one attached hydrogen (secondary N) is 1. The second kappa shape index (κ2) is 6.72. The molecule has 4 nitrogen and oxygen atoms in total. The van der Waals surface area contributed by atoms with Gasteiger partial charge in [0.1, 0.15) is 5.82 Å². The van der Waals surface area contributed by atoms with Crippen LogP contribution in [0.15, 0.2) is 25.7 Å². The lowest BCUT2D eigenvalue weighted by molar-refractivity contribution is 0.550. The number of aromatic nitrogens is 2. The zero-order valence-electron chi connectivity index (χ0n) is 11.7. The molecule has 6 heteroatoms. The van der Waals surface area contributed by atoms with Crippen molar-refractivity contribution in [3.05, 3.63) is 27.0 Å². The Labute approximate surface area is 135 Å². The molecule has 2 rings (SSSR count). The van der Waals surface area contributed by atoms with Crippen LogP contribution in [0.1, 0.15) is 38.8 Å². The molecule has 0 saturated carbocycles. The van der Waals surface area contributed by atoms with Crippen molar-refractivity contribution in [2.45, 2.75) is 33.1 Å². The van der Waals surface area contributed by atoms with E-state index in [4.69, 9.17) is 4.42 Å². The molecule has 2 heterocycles. The fraction of sp³-hybridized carbons (Fsp3) is 0.429. The quantitative estimate of drug-likeness (QED) is 0.745. The molecule has 2 aromatic rings. The number of halogens is 2. The highest BCUT2D eigenvalue weighted by molar-refractivity contribution is 9.10. The Morgan fingerprint density at radius 3 is 2.55 bits per heavy atom. The molecule has 0 spiro atoms. The first-order valence-electron chi connectivity index (χ1n) is 6.60. The van der Waals surface area contributed by atoms with E-state index in [0.717, 1.165) is 29.0 Å². The largest absolute Gasteiger partial charge is 0.446 e. The molecule has 2 aromatic heterocycles. The summed E-state index contributed by atoms with van der Waals surface area (Å²) >= 11 is 6.90. The lowest BCUT2D eigenvalue weighted by Gasteiger charge is -2.13. The van der Waals surface area contributed by atoms with Crippen molar-refractivity contribution in [2.75, 3.05) is 11.9 Å². The van der Waals surface area contributed by atoms with Gasteiger partial charge in [-0.3, -0.25) is 0 Å². The van der Waals surface area contributed by atoms with Crippen molar-refractivity contribution in [1.29, 1.82) is 0 Å². The lowest BCUT2D eigenvalue weighted by atomic mass is 10.1. The van der Waals surface area contributed by atoms with Gasteiger partial charge in [-0.15, -0.1) is 0 Å². The van der Waals surface area contributed by atoms with Crippen molar-refractivity contribution < 1.29 is 4.42 Å². The third-order valence-corrected chi connectivity index (χ3v) is 3.97. The molecule has 0 aliphatic heterocycles. The lowest BCUT2D eigenvalue weighted by Crippen LogP contribution is -2.08. The van der Waals surface area contributed by atoms with Gasteiger partial charge in [0.05, 0.1) is 10.2 Å².